The molecule has 0 bridgehead atoms. The van der Waals surface area contributed by atoms with Crippen molar-refractivity contribution >= 4 is 11.0 Å². The van der Waals surface area contributed by atoms with Crippen LogP contribution in [-0.4, -0.2) is 9.97 Å². The number of benzene rings is 2. The minimum Gasteiger partial charge on any atom is -0.349 e. The van der Waals surface area contributed by atoms with Gasteiger partial charge in [0.1, 0.15) is 11.7 Å². The number of rotatable bonds is 4. The summed E-state index contributed by atoms with van der Waals surface area (Å²) in [5.41, 5.74) is 11.0. The van der Waals surface area contributed by atoms with Crippen LogP contribution in [0.15, 0.2) is 66.9 Å². The average molecular weight is 383 g/mol. The van der Waals surface area contributed by atoms with Crippen molar-refractivity contribution in [2.75, 3.05) is 0 Å². The van der Waals surface area contributed by atoms with E-state index in [0.29, 0.717) is 0 Å². The zero-order chi connectivity index (χ0) is 19.8. The fourth-order valence-corrected chi connectivity index (χ4v) is 4.15. The number of nitrogens with zero attached hydrogens (tertiary/aromatic N) is 2. The van der Waals surface area contributed by atoms with E-state index in [2.05, 4.69) is 72.2 Å². The summed E-state index contributed by atoms with van der Waals surface area (Å²) in [6.07, 6.45) is 6.49. The summed E-state index contributed by atoms with van der Waals surface area (Å²) in [7, 11) is 0. The van der Waals surface area contributed by atoms with Gasteiger partial charge in [-0.05, 0) is 23.0 Å². The zero-order valence-corrected chi connectivity index (χ0v) is 16.8. The Balaban J connectivity index is 1.67. The number of nitrogens with one attached hydrogen (secondary N) is 1. The van der Waals surface area contributed by atoms with Crippen LogP contribution < -0.4 is 10.7 Å². The third-order valence-electron chi connectivity index (χ3n) is 6.17. The fraction of sp³-hybridized carbons (Fsp3) is 0.240. The smallest absolute Gasteiger partial charge is 0.298 e. The van der Waals surface area contributed by atoms with Crippen molar-refractivity contribution in [1.82, 2.24) is 9.97 Å². The van der Waals surface area contributed by atoms with E-state index < -0.39 is 0 Å². The van der Waals surface area contributed by atoms with Crippen molar-refractivity contribution in [3.63, 3.8) is 0 Å². The van der Waals surface area contributed by atoms with E-state index in [0.717, 1.165) is 45.7 Å². The molecule has 144 valence electrons. The summed E-state index contributed by atoms with van der Waals surface area (Å²) >= 11 is 0. The highest BCUT2D eigenvalue weighted by atomic mass is 14.9. The molecule has 0 amide bonds. The first-order chi connectivity index (χ1) is 14.2. The van der Waals surface area contributed by atoms with Crippen LogP contribution in [0.25, 0.3) is 33.4 Å². The lowest BCUT2D eigenvalue weighted by Gasteiger charge is -2.34. The van der Waals surface area contributed by atoms with Crippen molar-refractivity contribution in [3.05, 3.63) is 78.2 Å². The van der Waals surface area contributed by atoms with Crippen LogP contribution >= 0.6 is 0 Å². The molecule has 0 saturated heterocycles. The molecular weight excluding hydrogens is 356 g/mol. The van der Waals surface area contributed by atoms with Crippen LogP contribution in [0.4, 0.5) is 0 Å². The van der Waals surface area contributed by atoms with Crippen molar-refractivity contribution < 1.29 is 10.7 Å². The van der Waals surface area contributed by atoms with Crippen LogP contribution in [0.3, 0.4) is 0 Å². The fourth-order valence-electron chi connectivity index (χ4n) is 4.15. The van der Waals surface area contributed by atoms with Crippen LogP contribution in [-0.2, 0) is 12.0 Å². The monoisotopic (exact) mass is 382 g/mol. The van der Waals surface area contributed by atoms with Gasteiger partial charge in [0.15, 0.2) is 0 Å². The van der Waals surface area contributed by atoms with Gasteiger partial charge in [-0.1, -0.05) is 61.5 Å². The Hall–Kier alpha value is -3.11. The number of H-pyrrole nitrogens is 1. The van der Waals surface area contributed by atoms with Gasteiger partial charge in [-0.15, -0.1) is 0 Å². The van der Waals surface area contributed by atoms with E-state index in [4.69, 9.17) is 9.97 Å². The predicted octanol–water partition coefficient (Wildman–Crippen LogP) is 3.96. The standard InChI is InChI=1S/C25H24N4/c1-2-22-27-16-19-15-21(17-7-4-3-5-8-17)23(29-24(19)28-22)18-9-11-20(12-10-18)25(26)13-6-14-25/h3-5,7-12,15-16H,2,6,13-14,26H2,1H3/p+2. The quantitative estimate of drug-likeness (QED) is 0.580. The number of fused-ring (bicyclic) bond motifs is 1. The molecule has 2 aromatic heterocycles. The summed E-state index contributed by atoms with van der Waals surface area (Å²) in [6, 6.07) is 21.5. The van der Waals surface area contributed by atoms with Gasteiger partial charge in [0.25, 0.3) is 11.5 Å². The molecule has 29 heavy (non-hydrogen) atoms. The lowest BCUT2D eigenvalue weighted by molar-refractivity contribution is -0.509. The molecule has 0 atom stereocenters. The second-order valence-electron chi connectivity index (χ2n) is 8.08. The molecular formula is C25H26N4+2. The van der Waals surface area contributed by atoms with E-state index in [-0.39, 0.29) is 5.54 Å². The van der Waals surface area contributed by atoms with Crippen molar-refractivity contribution in [2.24, 2.45) is 0 Å². The van der Waals surface area contributed by atoms with E-state index in [1.807, 2.05) is 12.3 Å². The van der Waals surface area contributed by atoms with E-state index in [1.54, 1.807) is 0 Å². The number of hydrogen-bond acceptors (Lipinski definition) is 2. The Morgan fingerprint density at radius 3 is 2.38 bits per heavy atom. The minimum atomic E-state index is 0.102. The van der Waals surface area contributed by atoms with E-state index >= 15 is 0 Å². The predicted molar refractivity (Wildman–Crippen MR) is 115 cm³/mol. The highest BCUT2D eigenvalue weighted by Crippen LogP contribution is 2.38. The number of aromatic nitrogens is 3. The van der Waals surface area contributed by atoms with Crippen molar-refractivity contribution in [2.45, 2.75) is 38.1 Å². The molecule has 2 heterocycles. The molecule has 5 rings (SSSR count). The molecule has 4 N–H and O–H groups in total. The van der Waals surface area contributed by atoms with Crippen LogP contribution in [0.2, 0.25) is 0 Å². The SMILES string of the molecule is CCc1nc2nc(-c3ccc(C4([NH3+])CCC4)cc3)c(-c3ccccc3)cc2c[nH+]1. The lowest BCUT2D eigenvalue weighted by Crippen LogP contribution is -2.73. The second kappa shape index (κ2) is 7.05. The van der Waals surface area contributed by atoms with Gasteiger partial charge in [-0.2, -0.15) is 0 Å². The van der Waals surface area contributed by atoms with Gasteiger partial charge in [-0.25, -0.2) is 9.97 Å². The molecule has 1 fully saturated rings. The normalized spacial score (nSPS) is 15.2. The molecule has 4 aromatic rings. The molecule has 0 aliphatic heterocycles. The second-order valence-corrected chi connectivity index (χ2v) is 8.08. The first-order valence-electron chi connectivity index (χ1n) is 10.4. The molecule has 1 saturated carbocycles. The third kappa shape index (κ3) is 3.19. The highest BCUT2D eigenvalue weighted by molar-refractivity contribution is 5.89. The lowest BCUT2D eigenvalue weighted by atomic mass is 9.72. The molecule has 1 aliphatic carbocycles. The summed E-state index contributed by atoms with van der Waals surface area (Å²) in [4.78, 5) is 13.0. The first-order valence-corrected chi connectivity index (χ1v) is 10.4. The van der Waals surface area contributed by atoms with Crippen molar-refractivity contribution in [1.29, 1.82) is 0 Å². The van der Waals surface area contributed by atoms with E-state index in [1.165, 1.54) is 24.8 Å². The number of hydrogen-bond donors (Lipinski definition) is 1. The topological polar surface area (TPSA) is 67.6 Å². The van der Waals surface area contributed by atoms with Crippen molar-refractivity contribution in [3.8, 4) is 22.4 Å². The largest absolute Gasteiger partial charge is 0.349 e. The van der Waals surface area contributed by atoms with Gasteiger partial charge in [0.2, 0.25) is 0 Å². The maximum atomic E-state index is 5.01. The Bertz CT molecular complexity index is 1160. The summed E-state index contributed by atoms with van der Waals surface area (Å²) in [5, 5.41) is 1.02. The summed E-state index contributed by atoms with van der Waals surface area (Å²) < 4.78 is 0. The number of aryl methyl sites for hydroxylation is 1. The van der Waals surface area contributed by atoms with Crippen LogP contribution in [0.5, 0.6) is 0 Å². The molecule has 0 unspecified atom stereocenters. The van der Waals surface area contributed by atoms with Crippen LogP contribution in [0, 0.1) is 0 Å². The van der Waals surface area contributed by atoms with Gasteiger partial charge < -0.3 is 5.73 Å². The Kier molecular flexibility index (Phi) is 4.36. The Morgan fingerprint density at radius 2 is 1.72 bits per heavy atom. The number of quaternary nitrogens is 1. The molecule has 4 nitrogen and oxygen atoms in total. The van der Waals surface area contributed by atoms with E-state index in [9.17, 15) is 0 Å². The van der Waals surface area contributed by atoms with Gasteiger partial charge >= 0.3 is 0 Å². The zero-order valence-electron chi connectivity index (χ0n) is 16.8. The number of pyridine rings is 1. The van der Waals surface area contributed by atoms with Gasteiger partial charge in [0, 0.05) is 29.5 Å². The molecule has 1 aliphatic rings. The summed E-state index contributed by atoms with van der Waals surface area (Å²) in [6.45, 7) is 2.09. The summed E-state index contributed by atoms with van der Waals surface area (Å²) in [5.74, 6) is 0.947. The third-order valence-corrected chi connectivity index (χ3v) is 6.17. The Morgan fingerprint density at radius 1 is 0.966 bits per heavy atom. The number of aromatic amines is 1. The Labute approximate surface area is 170 Å². The molecule has 0 radical (unpaired) electrons. The average Bonchev–Trinajstić information content (AvgIpc) is 2.77. The first kappa shape index (κ1) is 18.0. The van der Waals surface area contributed by atoms with Gasteiger partial charge in [0.05, 0.1) is 17.5 Å². The maximum absolute atomic E-state index is 5.01. The highest BCUT2D eigenvalue weighted by Gasteiger charge is 2.38. The molecule has 4 heteroatoms. The maximum Gasteiger partial charge on any atom is 0.298 e. The molecule has 2 aromatic carbocycles. The van der Waals surface area contributed by atoms with Gasteiger partial charge in [-0.3, -0.25) is 0 Å². The minimum absolute atomic E-state index is 0.102. The van der Waals surface area contributed by atoms with Crippen LogP contribution in [0.1, 0.15) is 37.6 Å². The molecule has 0 spiro atoms.